The van der Waals surface area contributed by atoms with E-state index >= 15 is 0 Å². The van der Waals surface area contributed by atoms with E-state index < -0.39 is 0 Å². The number of ether oxygens (including phenoxy) is 1. The van der Waals surface area contributed by atoms with Gasteiger partial charge in [-0.1, -0.05) is 80.3 Å². The van der Waals surface area contributed by atoms with Gasteiger partial charge in [-0.15, -0.1) is 0 Å². The van der Waals surface area contributed by atoms with E-state index in [2.05, 4.69) is 87.2 Å². The summed E-state index contributed by atoms with van der Waals surface area (Å²) in [6.45, 7) is 8.84. The molecule has 0 heterocycles. The minimum absolute atomic E-state index is 0.0984. The summed E-state index contributed by atoms with van der Waals surface area (Å²) in [6, 6.07) is 24.4. The van der Waals surface area contributed by atoms with Gasteiger partial charge in [0, 0.05) is 7.05 Å². The number of amides is 1. The van der Waals surface area contributed by atoms with Crippen LogP contribution in [0.5, 0.6) is 5.75 Å². The lowest BCUT2D eigenvalue weighted by atomic mass is 9.77. The van der Waals surface area contributed by atoms with E-state index in [-0.39, 0.29) is 5.91 Å². The number of hydrogen-bond acceptors (Lipinski definition) is 2. The Balaban J connectivity index is 1.37. The third-order valence-corrected chi connectivity index (χ3v) is 8.44. The van der Waals surface area contributed by atoms with Crippen molar-refractivity contribution in [2.45, 2.75) is 64.7 Å². The highest BCUT2D eigenvalue weighted by Crippen LogP contribution is 2.38. The lowest BCUT2D eigenvalue weighted by molar-refractivity contribution is -0.125. The van der Waals surface area contributed by atoms with E-state index in [0.29, 0.717) is 19.1 Å². The second-order valence-electron chi connectivity index (χ2n) is 11.0. The van der Waals surface area contributed by atoms with E-state index in [1.54, 1.807) is 11.9 Å². The molecule has 0 N–H and O–H groups in total. The Hall–Kier alpha value is -3.59. The van der Waals surface area contributed by atoms with Crippen molar-refractivity contribution in [1.29, 1.82) is 0 Å². The Labute approximate surface area is 241 Å². The molecule has 1 aliphatic rings. The lowest BCUT2D eigenvalue weighted by Crippen LogP contribution is -2.29. The van der Waals surface area contributed by atoms with Crippen molar-refractivity contribution in [3.8, 4) is 28.0 Å². The third-order valence-electron chi connectivity index (χ3n) is 8.44. The van der Waals surface area contributed by atoms with Crippen molar-refractivity contribution in [2.75, 3.05) is 20.2 Å². The van der Waals surface area contributed by atoms with Crippen LogP contribution in [-0.2, 0) is 11.2 Å². The van der Waals surface area contributed by atoms with E-state index in [1.165, 1.54) is 78.0 Å². The van der Waals surface area contributed by atoms with Crippen LogP contribution < -0.4 is 4.74 Å². The van der Waals surface area contributed by atoms with Crippen molar-refractivity contribution in [1.82, 2.24) is 4.90 Å². The molecule has 1 amide bonds. The Morgan fingerprint density at radius 2 is 1.62 bits per heavy atom. The number of likely N-dealkylation sites (N-methyl/N-ethyl adjacent to an activating group) is 1. The van der Waals surface area contributed by atoms with Gasteiger partial charge in [-0.3, -0.25) is 4.79 Å². The van der Waals surface area contributed by atoms with Gasteiger partial charge in [-0.25, -0.2) is 0 Å². The van der Waals surface area contributed by atoms with Gasteiger partial charge in [-0.05, 0) is 115 Å². The van der Waals surface area contributed by atoms with Crippen LogP contribution in [0.1, 0.15) is 69.4 Å². The number of rotatable bonds is 12. The Bertz CT molecular complexity index is 1260. The maximum atomic E-state index is 11.6. The molecule has 3 heteroatoms. The average molecular weight is 536 g/mol. The number of carbonyl (C=O) groups is 1. The summed E-state index contributed by atoms with van der Waals surface area (Å²) in [7, 11) is 1.75. The molecule has 4 rings (SSSR count). The molecule has 1 aliphatic carbocycles. The molecular formula is C37H45NO2. The zero-order valence-electron chi connectivity index (χ0n) is 24.6. The highest BCUT2D eigenvalue weighted by Gasteiger charge is 2.22. The quantitative estimate of drug-likeness (QED) is 0.171. The molecule has 1 fully saturated rings. The zero-order valence-corrected chi connectivity index (χ0v) is 24.6. The van der Waals surface area contributed by atoms with Gasteiger partial charge in [0.15, 0.2) is 0 Å². The van der Waals surface area contributed by atoms with Crippen molar-refractivity contribution in [2.24, 2.45) is 5.92 Å². The van der Waals surface area contributed by atoms with Crippen LogP contribution in [0.3, 0.4) is 0 Å². The van der Waals surface area contributed by atoms with Gasteiger partial charge in [0.05, 0.1) is 6.54 Å². The minimum atomic E-state index is -0.0984. The van der Waals surface area contributed by atoms with Crippen LogP contribution in [0, 0.1) is 5.92 Å². The highest BCUT2D eigenvalue weighted by atomic mass is 16.5. The van der Waals surface area contributed by atoms with Crippen LogP contribution in [0.4, 0.5) is 0 Å². The fourth-order valence-electron chi connectivity index (χ4n) is 5.88. The summed E-state index contributed by atoms with van der Waals surface area (Å²) in [6.07, 6.45) is 14.8. The van der Waals surface area contributed by atoms with E-state index in [1.807, 2.05) is 12.1 Å². The van der Waals surface area contributed by atoms with E-state index in [4.69, 9.17) is 4.74 Å². The first-order chi connectivity index (χ1) is 19.5. The standard InChI is InChI=1S/C37H45NO2/c1-5-8-9-10-28-11-13-30(14-12-28)31-15-17-33(18-16-31)36-24-21-34(27-29(36)6-2)32-19-22-35(23-20-32)40-26-25-38(4)37(39)7-3/h5,7-8,15-24,27-28,30H,3,6,9-14,25-26H2,1-2,4H3/b8-5+. The topological polar surface area (TPSA) is 29.5 Å². The van der Waals surface area contributed by atoms with Crippen LogP contribution in [0.15, 0.2) is 91.5 Å². The molecule has 0 saturated heterocycles. The summed E-state index contributed by atoms with van der Waals surface area (Å²) in [5.74, 6) is 2.32. The summed E-state index contributed by atoms with van der Waals surface area (Å²) in [5.41, 5.74) is 7.88. The molecule has 210 valence electrons. The Kier molecular flexibility index (Phi) is 10.8. The van der Waals surface area contributed by atoms with Crippen molar-refractivity contribution in [3.63, 3.8) is 0 Å². The van der Waals surface area contributed by atoms with Gasteiger partial charge in [0.2, 0.25) is 5.91 Å². The van der Waals surface area contributed by atoms with E-state index in [9.17, 15) is 4.79 Å². The maximum absolute atomic E-state index is 11.6. The first-order valence-corrected chi connectivity index (χ1v) is 15.0. The molecule has 40 heavy (non-hydrogen) atoms. The number of hydrogen-bond donors (Lipinski definition) is 0. The molecule has 0 radical (unpaired) electrons. The molecule has 0 aromatic heterocycles. The van der Waals surface area contributed by atoms with Crippen molar-refractivity contribution in [3.05, 3.63) is 103 Å². The predicted octanol–water partition coefficient (Wildman–Crippen LogP) is 9.24. The number of aryl methyl sites for hydroxylation is 1. The molecule has 0 atom stereocenters. The fraction of sp³-hybridized carbons (Fsp3) is 0.378. The fourth-order valence-corrected chi connectivity index (χ4v) is 5.88. The molecule has 3 aromatic carbocycles. The summed E-state index contributed by atoms with van der Waals surface area (Å²) in [4.78, 5) is 13.2. The predicted molar refractivity (Wildman–Crippen MR) is 169 cm³/mol. The first-order valence-electron chi connectivity index (χ1n) is 15.0. The number of carbonyl (C=O) groups excluding carboxylic acids is 1. The number of nitrogens with zero attached hydrogens (tertiary/aromatic N) is 1. The van der Waals surface area contributed by atoms with Gasteiger partial charge < -0.3 is 9.64 Å². The van der Waals surface area contributed by atoms with Crippen molar-refractivity contribution < 1.29 is 9.53 Å². The highest BCUT2D eigenvalue weighted by molar-refractivity contribution is 5.86. The largest absolute Gasteiger partial charge is 0.492 e. The van der Waals surface area contributed by atoms with Crippen LogP contribution in [-0.4, -0.2) is 31.0 Å². The summed E-state index contributed by atoms with van der Waals surface area (Å²) < 4.78 is 5.83. The summed E-state index contributed by atoms with van der Waals surface area (Å²) in [5, 5.41) is 0. The number of benzene rings is 3. The zero-order chi connectivity index (χ0) is 28.3. The van der Waals surface area contributed by atoms with Gasteiger partial charge in [0.1, 0.15) is 12.4 Å². The summed E-state index contributed by atoms with van der Waals surface area (Å²) >= 11 is 0. The minimum Gasteiger partial charge on any atom is -0.492 e. The van der Waals surface area contributed by atoms with Gasteiger partial charge in [-0.2, -0.15) is 0 Å². The van der Waals surface area contributed by atoms with Gasteiger partial charge in [0.25, 0.3) is 0 Å². The Morgan fingerprint density at radius 1 is 0.950 bits per heavy atom. The molecule has 0 bridgehead atoms. The van der Waals surface area contributed by atoms with Crippen molar-refractivity contribution >= 4 is 5.91 Å². The third kappa shape index (κ3) is 7.75. The second-order valence-corrected chi connectivity index (χ2v) is 11.0. The molecular weight excluding hydrogens is 490 g/mol. The average Bonchev–Trinajstić information content (AvgIpc) is 3.01. The van der Waals surface area contributed by atoms with Crippen LogP contribution in [0.2, 0.25) is 0 Å². The normalized spacial score (nSPS) is 17.1. The lowest BCUT2D eigenvalue weighted by Gasteiger charge is -2.28. The molecule has 0 aliphatic heterocycles. The Morgan fingerprint density at radius 3 is 2.27 bits per heavy atom. The maximum Gasteiger partial charge on any atom is 0.245 e. The molecule has 0 spiro atoms. The number of allylic oxidation sites excluding steroid dienone is 2. The first kappa shape index (κ1) is 29.4. The molecule has 1 saturated carbocycles. The van der Waals surface area contributed by atoms with Crippen LogP contribution >= 0.6 is 0 Å². The smallest absolute Gasteiger partial charge is 0.245 e. The van der Waals surface area contributed by atoms with Gasteiger partial charge >= 0.3 is 0 Å². The SMILES string of the molecule is C=CC(=O)N(C)CCOc1ccc(-c2ccc(-c3ccc(C4CCC(CC/C=C/C)CC4)cc3)c(CC)c2)cc1. The second kappa shape index (κ2) is 14.7. The van der Waals surface area contributed by atoms with E-state index in [0.717, 1.165) is 18.1 Å². The molecule has 3 aromatic rings. The van der Waals surface area contributed by atoms with Crippen LogP contribution in [0.25, 0.3) is 22.3 Å². The molecule has 3 nitrogen and oxygen atoms in total. The monoisotopic (exact) mass is 535 g/mol. The molecule has 0 unspecified atom stereocenters.